The molecule has 1 saturated heterocycles. The highest BCUT2D eigenvalue weighted by Gasteiger charge is 2.42. The van der Waals surface area contributed by atoms with Crippen LogP contribution in [0.5, 0.6) is 0 Å². The number of carbonyl (C=O) groups is 1. The molecule has 0 unspecified atom stereocenters. The minimum atomic E-state index is -1.29. The van der Waals surface area contributed by atoms with Gasteiger partial charge < -0.3 is 20.1 Å². The van der Waals surface area contributed by atoms with E-state index in [1.165, 1.54) is 38.2 Å². The van der Waals surface area contributed by atoms with Crippen LogP contribution in [-0.4, -0.2) is 56.3 Å². The number of hydrogen-bond acceptors (Lipinski definition) is 4. The smallest absolute Gasteiger partial charge is 0.222 e. The zero-order valence-corrected chi connectivity index (χ0v) is 21.9. The molecule has 0 bridgehead atoms. The van der Waals surface area contributed by atoms with Crippen molar-refractivity contribution in [1.82, 2.24) is 10.2 Å². The first-order chi connectivity index (χ1) is 17.0. The Bertz CT molecular complexity index is 770. The van der Waals surface area contributed by atoms with Crippen LogP contribution in [0.4, 0.5) is 4.39 Å². The number of unbranched alkanes of at least 4 members (excludes halogenated alkanes) is 1. The van der Waals surface area contributed by atoms with Crippen LogP contribution in [0, 0.1) is 23.6 Å². The first-order valence-corrected chi connectivity index (χ1v) is 13.9. The van der Waals surface area contributed by atoms with Crippen LogP contribution in [-0.2, 0) is 15.1 Å². The van der Waals surface area contributed by atoms with Crippen molar-refractivity contribution in [3.05, 3.63) is 35.6 Å². The van der Waals surface area contributed by atoms with Crippen molar-refractivity contribution in [3.8, 4) is 0 Å². The SMILES string of the molecule is CNC[C@@H](CC(=O)N1CCC[C@@H]([C@@](O)(CCCCOC)c2ccccc2F)C1)CC1CCCCC1. The quantitative estimate of drug-likeness (QED) is 0.370. The Kier molecular flexibility index (Phi) is 11.5. The monoisotopic (exact) mass is 490 g/mol. The van der Waals surface area contributed by atoms with Crippen molar-refractivity contribution in [2.45, 2.75) is 82.7 Å². The molecular weight excluding hydrogens is 443 g/mol. The molecule has 3 rings (SSSR count). The molecule has 2 aliphatic rings. The number of rotatable bonds is 13. The van der Waals surface area contributed by atoms with Gasteiger partial charge in [-0.25, -0.2) is 4.39 Å². The number of aliphatic hydroxyl groups is 1. The number of methoxy groups -OCH3 is 1. The lowest BCUT2D eigenvalue weighted by Gasteiger charge is -2.43. The number of piperidine rings is 1. The second kappa shape index (κ2) is 14.3. The molecular formula is C29H47FN2O3. The summed E-state index contributed by atoms with van der Waals surface area (Å²) in [6.07, 6.45) is 11.9. The molecule has 2 N–H and O–H groups in total. The van der Waals surface area contributed by atoms with Gasteiger partial charge in [0.1, 0.15) is 5.82 Å². The van der Waals surface area contributed by atoms with E-state index in [9.17, 15) is 14.3 Å². The van der Waals surface area contributed by atoms with Gasteiger partial charge in [-0.2, -0.15) is 0 Å². The average Bonchev–Trinajstić information content (AvgIpc) is 2.87. The van der Waals surface area contributed by atoms with Crippen molar-refractivity contribution < 1.29 is 19.0 Å². The van der Waals surface area contributed by atoms with Gasteiger partial charge in [0.15, 0.2) is 0 Å². The van der Waals surface area contributed by atoms with Gasteiger partial charge in [-0.1, -0.05) is 50.3 Å². The molecule has 3 atom stereocenters. The van der Waals surface area contributed by atoms with Gasteiger partial charge in [0, 0.05) is 44.7 Å². The second-order valence-electron chi connectivity index (χ2n) is 10.9. The third kappa shape index (κ3) is 7.99. The van der Waals surface area contributed by atoms with E-state index in [4.69, 9.17) is 4.74 Å². The third-order valence-electron chi connectivity index (χ3n) is 8.29. The summed E-state index contributed by atoms with van der Waals surface area (Å²) < 4.78 is 20.1. The van der Waals surface area contributed by atoms with Gasteiger partial charge in [-0.3, -0.25) is 4.79 Å². The van der Waals surface area contributed by atoms with Crippen LogP contribution in [0.15, 0.2) is 24.3 Å². The van der Waals surface area contributed by atoms with Crippen LogP contribution in [0.2, 0.25) is 0 Å². The number of carbonyl (C=O) groups excluding carboxylic acids is 1. The normalized spacial score (nSPS) is 22.1. The lowest BCUT2D eigenvalue weighted by atomic mass is 9.73. The molecule has 1 amide bonds. The molecule has 198 valence electrons. The molecule has 1 heterocycles. The van der Waals surface area contributed by atoms with Crippen molar-refractivity contribution in [1.29, 1.82) is 0 Å². The number of ether oxygens (including phenoxy) is 1. The number of nitrogens with one attached hydrogen (secondary N) is 1. The summed E-state index contributed by atoms with van der Waals surface area (Å²) >= 11 is 0. The number of likely N-dealkylation sites (tertiary alicyclic amines) is 1. The Morgan fingerprint density at radius 3 is 2.69 bits per heavy atom. The maximum atomic E-state index is 14.9. The lowest BCUT2D eigenvalue weighted by molar-refractivity contribution is -0.138. The van der Waals surface area contributed by atoms with E-state index in [-0.39, 0.29) is 17.6 Å². The zero-order valence-electron chi connectivity index (χ0n) is 21.9. The van der Waals surface area contributed by atoms with Gasteiger partial charge in [0.25, 0.3) is 0 Å². The fraction of sp³-hybridized carbons (Fsp3) is 0.759. The minimum Gasteiger partial charge on any atom is -0.385 e. The van der Waals surface area contributed by atoms with Gasteiger partial charge >= 0.3 is 0 Å². The molecule has 6 heteroatoms. The van der Waals surface area contributed by atoms with Crippen LogP contribution in [0.1, 0.15) is 82.6 Å². The number of halogens is 1. The standard InChI is InChI=1S/C29H47FN2O3/c1-31-21-24(19-23-11-4-3-5-12-23)20-28(33)32-17-10-13-25(22-32)29(34,16-8-9-18-35-2)26-14-6-7-15-27(26)30/h6-7,14-15,23-25,31,34H,3-5,8-13,16-22H2,1-2H3/t24-,25-,29+/m1/s1. The molecule has 0 radical (unpaired) electrons. The van der Waals surface area contributed by atoms with E-state index in [1.54, 1.807) is 25.3 Å². The second-order valence-corrected chi connectivity index (χ2v) is 10.9. The minimum absolute atomic E-state index is 0.180. The molecule has 35 heavy (non-hydrogen) atoms. The number of benzene rings is 1. The molecule has 5 nitrogen and oxygen atoms in total. The van der Waals surface area contributed by atoms with Gasteiger partial charge in [-0.15, -0.1) is 0 Å². The summed E-state index contributed by atoms with van der Waals surface area (Å²) in [6, 6.07) is 6.58. The summed E-state index contributed by atoms with van der Waals surface area (Å²) in [5, 5.41) is 15.2. The molecule has 2 fully saturated rings. The van der Waals surface area contributed by atoms with Gasteiger partial charge in [0.2, 0.25) is 5.91 Å². The summed E-state index contributed by atoms with van der Waals surface area (Å²) in [4.78, 5) is 15.4. The fourth-order valence-electron chi connectivity index (χ4n) is 6.40. The van der Waals surface area contributed by atoms with Crippen molar-refractivity contribution >= 4 is 5.91 Å². The van der Waals surface area contributed by atoms with Gasteiger partial charge in [0.05, 0.1) is 5.60 Å². The van der Waals surface area contributed by atoms with Gasteiger partial charge in [-0.05, 0) is 70.0 Å². The first-order valence-electron chi connectivity index (χ1n) is 13.9. The summed E-state index contributed by atoms with van der Waals surface area (Å²) in [5.41, 5.74) is -0.924. The fourth-order valence-corrected chi connectivity index (χ4v) is 6.40. The summed E-state index contributed by atoms with van der Waals surface area (Å²) in [6.45, 7) is 2.69. The predicted molar refractivity (Wildman–Crippen MR) is 139 cm³/mol. The topological polar surface area (TPSA) is 61.8 Å². The molecule has 1 aromatic carbocycles. The van der Waals surface area contributed by atoms with E-state index < -0.39 is 5.60 Å². The number of hydrogen-bond donors (Lipinski definition) is 2. The van der Waals surface area contributed by atoms with E-state index in [2.05, 4.69) is 5.32 Å². The number of amides is 1. The van der Waals surface area contributed by atoms with Crippen molar-refractivity contribution in [2.75, 3.05) is 40.4 Å². The molecule has 0 spiro atoms. The highest BCUT2D eigenvalue weighted by atomic mass is 19.1. The Morgan fingerprint density at radius 2 is 1.97 bits per heavy atom. The molecule has 1 saturated carbocycles. The summed E-state index contributed by atoms with van der Waals surface area (Å²) in [5.74, 6) is 0.714. The number of nitrogens with zero attached hydrogens (tertiary/aromatic N) is 1. The van der Waals surface area contributed by atoms with E-state index in [1.807, 2.05) is 11.9 Å². The maximum absolute atomic E-state index is 14.9. The zero-order chi connectivity index (χ0) is 25.1. The van der Waals surface area contributed by atoms with Crippen molar-refractivity contribution in [3.63, 3.8) is 0 Å². The molecule has 0 aromatic heterocycles. The molecule has 1 aromatic rings. The highest BCUT2D eigenvalue weighted by molar-refractivity contribution is 5.76. The van der Waals surface area contributed by atoms with Crippen molar-refractivity contribution in [2.24, 2.45) is 17.8 Å². The Balaban J connectivity index is 1.68. The van der Waals surface area contributed by atoms with Crippen LogP contribution < -0.4 is 5.32 Å². The highest BCUT2D eigenvalue weighted by Crippen LogP contribution is 2.41. The maximum Gasteiger partial charge on any atom is 0.222 e. The Morgan fingerprint density at radius 1 is 1.20 bits per heavy atom. The van der Waals surface area contributed by atoms with Crippen LogP contribution in [0.25, 0.3) is 0 Å². The largest absolute Gasteiger partial charge is 0.385 e. The lowest BCUT2D eigenvalue weighted by Crippen LogP contribution is -2.49. The van der Waals surface area contributed by atoms with E-state index in [0.29, 0.717) is 37.5 Å². The molecule has 1 aliphatic carbocycles. The molecule has 1 aliphatic heterocycles. The third-order valence-corrected chi connectivity index (χ3v) is 8.29. The van der Waals surface area contributed by atoms with Crippen LogP contribution >= 0.6 is 0 Å². The predicted octanol–water partition coefficient (Wildman–Crippen LogP) is 5.26. The Labute approximate surface area is 211 Å². The first kappa shape index (κ1) is 28.1. The summed E-state index contributed by atoms with van der Waals surface area (Å²) in [7, 11) is 3.64. The Hall–Kier alpha value is -1.50. The van der Waals surface area contributed by atoms with E-state index in [0.717, 1.165) is 51.1 Å². The van der Waals surface area contributed by atoms with Crippen LogP contribution in [0.3, 0.4) is 0 Å². The van der Waals surface area contributed by atoms with E-state index >= 15 is 0 Å². The average molecular weight is 491 g/mol.